The van der Waals surface area contributed by atoms with Crippen LogP contribution < -0.4 is 0 Å². The summed E-state index contributed by atoms with van der Waals surface area (Å²) in [5, 5.41) is 1.25. The SMILES string of the molecule is CC(C)SC(=S)SC(C)C. The molecule has 0 aromatic heterocycles. The van der Waals surface area contributed by atoms with E-state index < -0.39 is 0 Å². The first-order chi connectivity index (χ1) is 4.52. The van der Waals surface area contributed by atoms with Crippen LogP contribution in [0, 0.1) is 0 Å². The highest BCUT2D eigenvalue weighted by Gasteiger charge is 2.03. The molecule has 0 aromatic carbocycles. The Morgan fingerprint density at radius 2 is 1.30 bits per heavy atom. The summed E-state index contributed by atoms with van der Waals surface area (Å²) in [6.45, 7) is 8.66. The fourth-order valence-corrected chi connectivity index (χ4v) is 3.71. The molecule has 0 saturated heterocycles. The van der Waals surface area contributed by atoms with Crippen molar-refractivity contribution in [3.63, 3.8) is 0 Å². The van der Waals surface area contributed by atoms with Crippen molar-refractivity contribution >= 4 is 39.3 Å². The fraction of sp³-hybridized carbons (Fsp3) is 0.857. The van der Waals surface area contributed by atoms with Gasteiger partial charge in [0.2, 0.25) is 0 Å². The quantitative estimate of drug-likeness (QED) is 0.617. The molecule has 3 heteroatoms. The van der Waals surface area contributed by atoms with Crippen LogP contribution in [0.3, 0.4) is 0 Å². The Hall–Kier alpha value is 0.790. The van der Waals surface area contributed by atoms with Gasteiger partial charge >= 0.3 is 0 Å². The summed E-state index contributed by atoms with van der Waals surface area (Å²) in [5.41, 5.74) is 0. The minimum atomic E-state index is 0.624. The summed E-state index contributed by atoms with van der Waals surface area (Å²) in [6.07, 6.45) is 0. The van der Waals surface area contributed by atoms with Crippen LogP contribution in [0.4, 0.5) is 0 Å². The average molecular weight is 194 g/mol. The molecule has 0 saturated carbocycles. The van der Waals surface area contributed by atoms with Gasteiger partial charge in [0.05, 0.1) is 0 Å². The second-order valence-corrected chi connectivity index (χ2v) is 6.94. The van der Waals surface area contributed by atoms with Gasteiger partial charge in [-0.05, 0) is 0 Å². The number of thioether (sulfide) groups is 2. The summed E-state index contributed by atoms with van der Waals surface area (Å²) in [7, 11) is 0. The van der Waals surface area contributed by atoms with Crippen LogP contribution >= 0.6 is 35.7 Å². The summed E-state index contributed by atoms with van der Waals surface area (Å²) < 4.78 is 1.07. The molecule has 0 amide bonds. The third-order valence-corrected chi connectivity index (χ3v) is 3.15. The Kier molecular flexibility index (Phi) is 5.87. The fourth-order valence-electron chi connectivity index (χ4n) is 0.413. The van der Waals surface area contributed by atoms with Crippen LogP contribution in [0.5, 0.6) is 0 Å². The van der Waals surface area contributed by atoms with Gasteiger partial charge in [0.15, 0.2) is 0 Å². The van der Waals surface area contributed by atoms with Gasteiger partial charge in [-0.25, -0.2) is 0 Å². The monoisotopic (exact) mass is 194 g/mol. The lowest BCUT2D eigenvalue weighted by atomic mass is 10.6. The molecule has 10 heavy (non-hydrogen) atoms. The standard InChI is InChI=1S/C7H14S3/c1-5(2)9-7(8)10-6(3)4/h5-6H,1-4H3. The van der Waals surface area contributed by atoms with E-state index >= 15 is 0 Å². The highest BCUT2D eigenvalue weighted by Crippen LogP contribution is 2.24. The summed E-state index contributed by atoms with van der Waals surface area (Å²) >= 11 is 8.69. The Labute approximate surface area is 77.5 Å². The van der Waals surface area contributed by atoms with E-state index in [4.69, 9.17) is 12.2 Å². The van der Waals surface area contributed by atoms with E-state index in [0.717, 1.165) is 3.53 Å². The number of rotatable bonds is 2. The summed E-state index contributed by atoms with van der Waals surface area (Å²) in [5.74, 6) is 0. The van der Waals surface area contributed by atoms with Crippen LogP contribution in [0.2, 0.25) is 0 Å². The lowest BCUT2D eigenvalue weighted by Crippen LogP contribution is -1.95. The third kappa shape index (κ3) is 6.90. The van der Waals surface area contributed by atoms with E-state index in [-0.39, 0.29) is 0 Å². The van der Waals surface area contributed by atoms with E-state index in [2.05, 4.69) is 27.7 Å². The molecular weight excluding hydrogens is 180 g/mol. The second kappa shape index (κ2) is 5.44. The van der Waals surface area contributed by atoms with E-state index in [1.54, 1.807) is 23.5 Å². The molecule has 0 bridgehead atoms. The van der Waals surface area contributed by atoms with Gasteiger partial charge in [-0.3, -0.25) is 0 Å². The van der Waals surface area contributed by atoms with Crippen LogP contribution in [0.25, 0.3) is 0 Å². The predicted octanol–water partition coefficient (Wildman–Crippen LogP) is 3.55. The van der Waals surface area contributed by atoms with Gasteiger partial charge in [-0.15, -0.1) is 23.5 Å². The van der Waals surface area contributed by atoms with Crippen LogP contribution in [0.15, 0.2) is 0 Å². The molecule has 0 aliphatic rings. The van der Waals surface area contributed by atoms with E-state index in [0.29, 0.717) is 10.5 Å². The van der Waals surface area contributed by atoms with Crippen LogP contribution in [-0.2, 0) is 0 Å². The van der Waals surface area contributed by atoms with Crippen LogP contribution in [0.1, 0.15) is 27.7 Å². The molecule has 0 aromatic rings. The second-order valence-electron chi connectivity index (χ2n) is 2.58. The molecule has 0 spiro atoms. The smallest absolute Gasteiger partial charge is 0.104 e. The Balaban J connectivity index is 3.44. The van der Waals surface area contributed by atoms with Crippen molar-refractivity contribution in [2.75, 3.05) is 0 Å². The first kappa shape index (κ1) is 10.8. The van der Waals surface area contributed by atoms with E-state index in [1.807, 2.05) is 0 Å². The van der Waals surface area contributed by atoms with Crippen LogP contribution in [-0.4, -0.2) is 14.0 Å². The summed E-state index contributed by atoms with van der Waals surface area (Å²) in [4.78, 5) is 0. The maximum Gasteiger partial charge on any atom is 0.104 e. The topological polar surface area (TPSA) is 0 Å². The largest absolute Gasteiger partial charge is 0.105 e. The Morgan fingerprint density at radius 1 is 1.00 bits per heavy atom. The molecule has 0 rings (SSSR count). The van der Waals surface area contributed by atoms with Gasteiger partial charge in [-0.2, -0.15) is 0 Å². The van der Waals surface area contributed by atoms with Crippen molar-refractivity contribution in [3.8, 4) is 0 Å². The molecule has 0 aliphatic carbocycles. The van der Waals surface area contributed by atoms with E-state index in [9.17, 15) is 0 Å². The highest BCUT2D eigenvalue weighted by molar-refractivity contribution is 8.47. The number of thiocarbonyl (C=S) groups is 1. The molecule has 0 unspecified atom stereocenters. The van der Waals surface area contributed by atoms with Gasteiger partial charge in [0.25, 0.3) is 0 Å². The average Bonchev–Trinajstić information content (AvgIpc) is 1.58. The number of hydrogen-bond donors (Lipinski definition) is 0. The first-order valence-corrected chi connectivity index (χ1v) is 5.56. The number of hydrogen-bond acceptors (Lipinski definition) is 3. The Morgan fingerprint density at radius 3 is 1.50 bits per heavy atom. The zero-order valence-corrected chi connectivity index (χ0v) is 9.33. The molecule has 0 N–H and O–H groups in total. The molecule has 60 valence electrons. The Bertz CT molecular complexity index is 95.4. The van der Waals surface area contributed by atoms with Crippen molar-refractivity contribution in [3.05, 3.63) is 0 Å². The van der Waals surface area contributed by atoms with Gasteiger partial charge in [0, 0.05) is 10.5 Å². The minimum absolute atomic E-state index is 0.624. The van der Waals surface area contributed by atoms with E-state index in [1.165, 1.54) is 0 Å². The minimum Gasteiger partial charge on any atom is -0.105 e. The molecule has 0 heterocycles. The highest BCUT2D eigenvalue weighted by atomic mass is 32.2. The van der Waals surface area contributed by atoms with Crippen molar-refractivity contribution in [2.24, 2.45) is 0 Å². The van der Waals surface area contributed by atoms with Gasteiger partial charge in [0.1, 0.15) is 3.53 Å². The van der Waals surface area contributed by atoms with Crippen molar-refractivity contribution in [1.82, 2.24) is 0 Å². The first-order valence-electron chi connectivity index (χ1n) is 3.39. The molecular formula is C7H14S3. The lowest BCUT2D eigenvalue weighted by Gasteiger charge is -2.07. The maximum atomic E-state index is 5.13. The summed E-state index contributed by atoms with van der Waals surface area (Å²) in [6, 6.07) is 0. The molecule has 0 radical (unpaired) electrons. The molecule has 0 aliphatic heterocycles. The predicted molar refractivity (Wildman–Crippen MR) is 58.1 cm³/mol. The zero-order valence-electron chi connectivity index (χ0n) is 6.88. The zero-order chi connectivity index (χ0) is 8.15. The molecule has 0 atom stereocenters. The lowest BCUT2D eigenvalue weighted by molar-refractivity contribution is 1.12. The van der Waals surface area contributed by atoms with Gasteiger partial charge in [-0.1, -0.05) is 39.9 Å². The van der Waals surface area contributed by atoms with Crippen molar-refractivity contribution in [1.29, 1.82) is 0 Å². The normalized spacial score (nSPS) is 11.0. The third-order valence-electron chi connectivity index (χ3n) is 0.664. The maximum absolute atomic E-state index is 5.13. The molecule has 0 nitrogen and oxygen atoms in total. The molecule has 0 fully saturated rings. The van der Waals surface area contributed by atoms with Crippen molar-refractivity contribution in [2.45, 2.75) is 38.2 Å². The van der Waals surface area contributed by atoms with Crippen molar-refractivity contribution < 1.29 is 0 Å². The van der Waals surface area contributed by atoms with Gasteiger partial charge < -0.3 is 0 Å².